The molecule has 0 aliphatic carbocycles. The molecule has 0 amide bonds. The first-order chi connectivity index (χ1) is 17.1. The van der Waals surface area contributed by atoms with Crippen molar-refractivity contribution in [2.75, 3.05) is 17.9 Å². The van der Waals surface area contributed by atoms with E-state index in [2.05, 4.69) is 14.1 Å². The van der Waals surface area contributed by atoms with E-state index in [1.165, 1.54) is 42.7 Å². The van der Waals surface area contributed by atoms with Gasteiger partial charge in [0.25, 0.3) is 10.0 Å². The molecule has 1 N–H and O–H groups in total. The van der Waals surface area contributed by atoms with Crippen molar-refractivity contribution >= 4 is 26.7 Å². The Kier molecular flexibility index (Phi) is 6.64. The predicted molar refractivity (Wildman–Crippen MR) is 125 cm³/mol. The number of ether oxygens (including phenoxy) is 1. The molecule has 2 aliphatic rings. The van der Waals surface area contributed by atoms with Crippen LogP contribution in [0.4, 0.5) is 22.7 Å². The molecule has 1 aromatic heterocycles. The largest absolute Gasteiger partial charge is 0.493 e. The van der Waals surface area contributed by atoms with E-state index >= 15 is 0 Å². The number of anilines is 1. The Labute approximate surface area is 209 Å². The maximum Gasteiger partial charge on any atom is 0.391 e. The molecule has 36 heavy (non-hydrogen) atoms. The van der Waals surface area contributed by atoms with Crippen LogP contribution < -0.4 is 9.46 Å². The molecule has 0 saturated carbocycles. The van der Waals surface area contributed by atoms with Crippen LogP contribution in [0.1, 0.15) is 42.5 Å². The van der Waals surface area contributed by atoms with Crippen LogP contribution in [0.15, 0.2) is 53.7 Å². The summed E-state index contributed by atoms with van der Waals surface area (Å²) >= 11 is 0.900. The first-order valence-electron chi connectivity index (χ1n) is 11.3. The van der Waals surface area contributed by atoms with Gasteiger partial charge in [-0.3, -0.25) is 9.62 Å². The third-order valence-corrected chi connectivity index (χ3v) is 8.69. The van der Waals surface area contributed by atoms with Gasteiger partial charge < -0.3 is 4.74 Å². The molecular weight excluding hydrogens is 520 g/mol. The summed E-state index contributed by atoms with van der Waals surface area (Å²) in [6.07, 6.45) is -2.74. The van der Waals surface area contributed by atoms with Crippen molar-refractivity contribution in [3.63, 3.8) is 0 Å². The lowest BCUT2D eigenvalue weighted by molar-refractivity contribution is -0.192. The highest BCUT2D eigenvalue weighted by Gasteiger charge is 2.46. The molecule has 1 unspecified atom stereocenters. The quantitative estimate of drug-likeness (QED) is 0.440. The van der Waals surface area contributed by atoms with Crippen molar-refractivity contribution in [1.82, 2.24) is 14.3 Å². The highest BCUT2D eigenvalue weighted by Crippen LogP contribution is 2.48. The number of alkyl halides is 3. The molecule has 5 rings (SSSR count). The Bertz CT molecular complexity index is 1320. The van der Waals surface area contributed by atoms with E-state index in [-0.39, 0.29) is 42.1 Å². The molecule has 3 heterocycles. The standard InChI is InChI=1S/C23H22F4N4O3S2/c24-16-3-1-14(2-4-16)20-11-15(23(25,26)27)7-9-31(20)19-8-10-34-21-12-17(5-6-18(19)21)36(32,33)30-22-28-13-29-35-22/h1-6,12-13,15,19-20H,7-11H2,(H,28,29,30)/t15-,19?,20+/m1/s1. The van der Waals surface area contributed by atoms with Crippen LogP contribution in [-0.4, -0.2) is 42.0 Å². The number of hydrogen-bond acceptors (Lipinski definition) is 7. The summed E-state index contributed by atoms with van der Waals surface area (Å²) in [5.41, 5.74) is 1.31. The topological polar surface area (TPSA) is 84.4 Å². The van der Waals surface area contributed by atoms with Crippen molar-refractivity contribution in [1.29, 1.82) is 0 Å². The first-order valence-corrected chi connectivity index (χ1v) is 13.5. The molecule has 0 spiro atoms. The molecule has 7 nitrogen and oxygen atoms in total. The van der Waals surface area contributed by atoms with Gasteiger partial charge in [0.1, 0.15) is 17.9 Å². The van der Waals surface area contributed by atoms with Crippen molar-refractivity contribution < 1.29 is 30.7 Å². The minimum Gasteiger partial charge on any atom is -0.493 e. The number of fused-ring (bicyclic) bond motifs is 1. The molecule has 13 heteroatoms. The fourth-order valence-electron chi connectivity index (χ4n) is 4.92. The molecule has 192 valence electrons. The maximum atomic E-state index is 13.6. The van der Waals surface area contributed by atoms with Crippen LogP contribution in [-0.2, 0) is 10.0 Å². The van der Waals surface area contributed by atoms with Crippen LogP contribution in [0, 0.1) is 11.7 Å². The third-order valence-electron chi connectivity index (χ3n) is 6.65. The van der Waals surface area contributed by atoms with E-state index in [1.54, 1.807) is 6.07 Å². The first kappa shape index (κ1) is 24.9. The summed E-state index contributed by atoms with van der Waals surface area (Å²) in [7, 11) is -3.94. The number of nitrogens with zero attached hydrogens (tertiary/aromatic N) is 3. The monoisotopic (exact) mass is 542 g/mol. The predicted octanol–water partition coefficient (Wildman–Crippen LogP) is 5.32. The maximum absolute atomic E-state index is 13.6. The fourth-order valence-corrected chi connectivity index (χ4v) is 6.60. The van der Waals surface area contributed by atoms with Crippen LogP contribution in [0.5, 0.6) is 5.75 Å². The van der Waals surface area contributed by atoms with Gasteiger partial charge in [-0.15, -0.1) is 0 Å². The van der Waals surface area contributed by atoms with Gasteiger partial charge in [-0.25, -0.2) is 17.8 Å². The number of halogens is 4. The van der Waals surface area contributed by atoms with E-state index in [4.69, 9.17) is 4.74 Å². The Morgan fingerprint density at radius 3 is 2.56 bits per heavy atom. The number of aromatic nitrogens is 2. The lowest BCUT2D eigenvalue weighted by Crippen LogP contribution is -2.44. The van der Waals surface area contributed by atoms with Gasteiger partial charge in [0.2, 0.25) is 5.13 Å². The van der Waals surface area contributed by atoms with Gasteiger partial charge in [0, 0.05) is 41.7 Å². The second kappa shape index (κ2) is 9.60. The van der Waals surface area contributed by atoms with Gasteiger partial charge in [-0.05, 0) is 43.1 Å². The summed E-state index contributed by atoms with van der Waals surface area (Å²) in [5, 5.41) is 0.126. The van der Waals surface area contributed by atoms with Gasteiger partial charge >= 0.3 is 6.18 Å². The molecule has 3 atom stereocenters. The number of piperidine rings is 1. The highest BCUT2D eigenvalue weighted by atomic mass is 32.2. The number of sulfonamides is 1. The van der Waals surface area contributed by atoms with Crippen LogP contribution >= 0.6 is 11.5 Å². The second-order valence-electron chi connectivity index (χ2n) is 8.77. The lowest BCUT2D eigenvalue weighted by Gasteiger charge is -2.46. The van der Waals surface area contributed by atoms with E-state index in [1.807, 2.05) is 4.90 Å². The summed E-state index contributed by atoms with van der Waals surface area (Å²) in [5.74, 6) is -1.55. The van der Waals surface area contributed by atoms with Gasteiger partial charge in [0.15, 0.2) is 0 Å². The normalized spacial score (nSPS) is 23.1. The van der Waals surface area contributed by atoms with Gasteiger partial charge in [-0.1, -0.05) is 18.2 Å². The SMILES string of the molecule is O=S(=O)(Nc1ncns1)c1ccc2c(c1)OCCC2N1CC[C@@H](C(F)(F)F)C[C@H]1c1ccc(F)cc1. The molecule has 2 aromatic carbocycles. The number of nitrogens with one attached hydrogen (secondary N) is 1. The zero-order chi connectivity index (χ0) is 25.5. The summed E-state index contributed by atoms with van der Waals surface area (Å²) < 4.78 is 91.9. The third kappa shape index (κ3) is 5.04. The molecule has 1 saturated heterocycles. The second-order valence-corrected chi connectivity index (χ2v) is 11.2. The van der Waals surface area contributed by atoms with Crippen LogP contribution in [0.25, 0.3) is 0 Å². The lowest BCUT2D eigenvalue weighted by atomic mass is 9.84. The number of rotatable bonds is 5. The summed E-state index contributed by atoms with van der Waals surface area (Å²) in [6, 6.07) is 9.21. The Morgan fingerprint density at radius 1 is 1.08 bits per heavy atom. The summed E-state index contributed by atoms with van der Waals surface area (Å²) in [4.78, 5) is 5.81. The van der Waals surface area contributed by atoms with Crippen molar-refractivity contribution in [2.45, 2.75) is 42.4 Å². The van der Waals surface area contributed by atoms with E-state index in [0.717, 1.165) is 11.5 Å². The number of benzene rings is 2. The van der Waals surface area contributed by atoms with E-state index < -0.39 is 34.0 Å². The number of hydrogen-bond donors (Lipinski definition) is 1. The molecular formula is C23H22F4N4O3S2. The Hall–Kier alpha value is -2.77. The molecule has 2 aliphatic heterocycles. The Balaban J connectivity index is 1.46. The minimum absolute atomic E-state index is 0.0250. The van der Waals surface area contributed by atoms with Crippen LogP contribution in [0.2, 0.25) is 0 Å². The van der Waals surface area contributed by atoms with Gasteiger partial charge in [-0.2, -0.15) is 17.5 Å². The average Bonchev–Trinajstić information content (AvgIpc) is 3.35. The zero-order valence-corrected chi connectivity index (χ0v) is 20.4. The molecule has 0 bridgehead atoms. The van der Waals surface area contributed by atoms with E-state index in [9.17, 15) is 26.0 Å². The number of likely N-dealkylation sites (tertiary alicyclic amines) is 1. The van der Waals surface area contributed by atoms with Crippen molar-refractivity contribution in [3.8, 4) is 5.75 Å². The smallest absolute Gasteiger partial charge is 0.391 e. The summed E-state index contributed by atoms with van der Waals surface area (Å²) in [6.45, 7) is 0.468. The van der Waals surface area contributed by atoms with Crippen molar-refractivity contribution in [2.24, 2.45) is 5.92 Å². The molecule has 1 fully saturated rings. The zero-order valence-electron chi connectivity index (χ0n) is 18.8. The highest BCUT2D eigenvalue weighted by molar-refractivity contribution is 7.93. The van der Waals surface area contributed by atoms with Crippen molar-refractivity contribution in [3.05, 3.63) is 65.7 Å². The van der Waals surface area contributed by atoms with Crippen LogP contribution in [0.3, 0.4) is 0 Å². The average molecular weight is 543 g/mol. The Morgan fingerprint density at radius 2 is 1.86 bits per heavy atom. The molecule has 0 radical (unpaired) electrons. The molecule has 3 aromatic rings. The van der Waals surface area contributed by atoms with E-state index in [0.29, 0.717) is 23.3 Å². The minimum atomic E-state index is -4.32. The van der Waals surface area contributed by atoms with Gasteiger partial charge in [0.05, 0.1) is 17.4 Å². The fraction of sp³-hybridized carbons (Fsp3) is 0.391.